The van der Waals surface area contributed by atoms with E-state index >= 15 is 0 Å². The molecule has 1 aliphatic rings. The first-order valence-corrected chi connectivity index (χ1v) is 7.51. The summed E-state index contributed by atoms with van der Waals surface area (Å²) in [5, 5.41) is 3.94. The highest BCUT2D eigenvalue weighted by Crippen LogP contribution is 2.31. The number of nitrogens with zero attached hydrogens (tertiary/aromatic N) is 2. The van der Waals surface area contributed by atoms with E-state index in [-0.39, 0.29) is 11.9 Å². The molecule has 1 N–H and O–H groups in total. The van der Waals surface area contributed by atoms with Crippen molar-refractivity contribution in [3.63, 3.8) is 0 Å². The fourth-order valence-corrected chi connectivity index (χ4v) is 3.17. The Balaban J connectivity index is 1.65. The maximum absolute atomic E-state index is 12.5. The number of amides is 1. The van der Waals surface area contributed by atoms with Crippen LogP contribution in [-0.4, -0.2) is 27.5 Å². The lowest BCUT2D eigenvalue weighted by atomic mass is 10.1. The second-order valence-electron chi connectivity index (χ2n) is 5.67. The Bertz CT molecular complexity index is 596. The van der Waals surface area contributed by atoms with E-state index < -0.39 is 0 Å². The quantitative estimate of drug-likeness (QED) is 0.940. The van der Waals surface area contributed by atoms with Crippen molar-refractivity contribution in [3.8, 4) is 0 Å². The average molecular weight is 287 g/mol. The highest BCUT2D eigenvalue weighted by molar-refractivity contribution is 5.77. The molecule has 5 heteroatoms. The molecule has 2 aromatic rings. The van der Waals surface area contributed by atoms with Gasteiger partial charge in [0.05, 0.1) is 11.7 Å². The first kappa shape index (κ1) is 13.9. The topological polar surface area (TPSA) is 62.1 Å². The van der Waals surface area contributed by atoms with Crippen molar-refractivity contribution in [2.24, 2.45) is 0 Å². The molecule has 3 heterocycles. The summed E-state index contributed by atoms with van der Waals surface area (Å²) in [5.74, 6) is 1.04. The number of aryl methyl sites for hydroxylation is 2. The number of nitrogens with one attached hydrogen (secondary N) is 1. The second kappa shape index (κ2) is 5.76. The molecule has 0 bridgehead atoms. The zero-order valence-corrected chi connectivity index (χ0v) is 12.6. The summed E-state index contributed by atoms with van der Waals surface area (Å²) in [5.41, 5.74) is 3.10. The van der Waals surface area contributed by atoms with Crippen molar-refractivity contribution in [1.29, 1.82) is 0 Å². The molecule has 21 heavy (non-hydrogen) atoms. The van der Waals surface area contributed by atoms with Gasteiger partial charge in [0.1, 0.15) is 5.76 Å². The van der Waals surface area contributed by atoms with Crippen LogP contribution in [0.4, 0.5) is 0 Å². The fourth-order valence-electron chi connectivity index (χ4n) is 3.17. The lowest BCUT2D eigenvalue weighted by Crippen LogP contribution is -2.30. The molecule has 1 aliphatic heterocycles. The van der Waals surface area contributed by atoms with Gasteiger partial charge < -0.3 is 14.4 Å². The summed E-state index contributed by atoms with van der Waals surface area (Å²) >= 11 is 0. The van der Waals surface area contributed by atoms with Gasteiger partial charge in [-0.15, -0.1) is 0 Å². The van der Waals surface area contributed by atoms with E-state index in [9.17, 15) is 4.79 Å². The van der Waals surface area contributed by atoms with Crippen LogP contribution < -0.4 is 0 Å². The molecule has 0 aromatic carbocycles. The zero-order chi connectivity index (χ0) is 14.8. The lowest BCUT2D eigenvalue weighted by Gasteiger charge is -2.24. The summed E-state index contributed by atoms with van der Waals surface area (Å²) in [7, 11) is 0. The van der Waals surface area contributed by atoms with Gasteiger partial charge in [-0.25, -0.2) is 0 Å². The summed E-state index contributed by atoms with van der Waals surface area (Å²) in [6.45, 7) is 4.68. The molecule has 0 saturated carbocycles. The van der Waals surface area contributed by atoms with Gasteiger partial charge in [-0.05, 0) is 45.2 Å². The van der Waals surface area contributed by atoms with Gasteiger partial charge in [0.25, 0.3) is 0 Å². The van der Waals surface area contributed by atoms with Gasteiger partial charge >= 0.3 is 0 Å². The predicted octanol–water partition coefficient (Wildman–Crippen LogP) is 2.92. The van der Waals surface area contributed by atoms with Crippen molar-refractivity contribution < 1.29 is 9.32 Å². The maximum atomic E-state index is 12.5. The third-order valence-electron chi connectivity index (χ3n) is 4.32. The van der Waals surface area contributed by atoms with Crippen LogP contribution in [0.25, 0.3) is 0 Å². The van der Waals surface area contributed by atoms with Crippen molar-refractivity contribution in [2.75, 3.05) is 6.54 Å². The molecule has 3 rings (SSSR count). The molecule has 2 aromatic heterocycles. The normalized spacial score (nSPS) is 18.4. The molecule has 0 spiro atoms. The lowest BCUT2D eigenvalue weighted by molar-refractivity contribution is -0.132. The van der Waals surface area contributed by atoms with Crippen molar-refractivity contribution in [1.82, 2.24) is 15.0 Å². The summed E-state index contributed by atoms with van der Waals surface area (Å²) in [6, 6.07) is 4.25. The van der Waals surface area contributed by atoms with Crippen LogP contribution in [0, 0.1) is 13.8 Å². The van der Waals surface area contributed by atoms with Crippen LogP contribution in [0.2, 0.25) is 0 Å². The molecule has 1 atom stereocenters. The average Bonchev–Trinajstić information content (AvgIpc) is 3.18. The van der Waals surface area contributed by atoms with E-state index in [4.69, 9.17) is 4.52 Å². The van der Waals surface area contributed by atoms with E-state index in [0.717, 1.165) is 42.1 Å². The number of likely N-dealkylation sites (tertiary alicyclic amines) is 1. The first-order valence-electron chi connectivity index (χ1n) is 7.51. The number of rotatable bonds is 4. The molecule has 0 radical (unpaired) electrons. The Morgan fingerprint density at radius 1 is 1.52 bits per heavy atom. The molecule has 1 fully saturated rings. The summed E-state index contributed by atoms with van der Waals surface area (Å²) in [6.07, 6.45) is 5.24. The van der Waals surface area contributed by atoms with Crippen LogP contribution >= 0.6 is 0 Å². The Morgan fingerprint density at radius 2 is 2.38 bits per heavy atom. The zero-order valence-electron chi connectivity index (χ0n) is 12.6. The van der Waals surface area contributed by atoms with E-state index in [1.165, 1.54) is 0 Å². The number of carbonyl (C=O) groups excluding carboxylic acids is 1. The van der Waals surface area contributed by atoms with Crippen LogP contribution in [0.1, 0.15) is 48.0 Å². The Kier molecular flexibility index (Phi) is 3.82. The van der Waals surface area contributed by atoms with Gasteiger partial charge in [-0.3, -0.25) is 4.79 Å². The van der Waals surface area contributed by atoms with E-state index in [2.05, 4.69) is 16.2 Å². The van der Waals surface area contributed by atoms with Gasteiger partial charge in [-0.1, -0.05) is 5.16 Å². The fraction of sp³-hybridized carbons (Fsp3) is 0.500. The van der Waals surface area contributed by atoms with Gasteiger partial charge in [0.15, 0.2) is 0 Å². The minimum atomic E-state index is 0.206. The SMILES string of the molecule is Cc1noc(C)c1CCC(=O)N1CCCC1c1ccc[nH]1. The van der Waals surface area contributed by atoms with Crippen molar-refractivity contribution in [3.05, 3.63) is 41.0 Å². The number of hydrogen-bond donors (Lipinski definition) is 1. The number of aromatic nitrogens is 2. The number of hydrogen-bond acceptors (Lipinski definition) is 3. The predicted molar refractivity (Wildman–Crippen MR) is 78.8 cm³/mol. The minimum Gasteiger partial charge on any atom is -0.363 e. The van der Waals surface area contributed by atoms with Gasteiger partial charge in [0, 0.05) is 30.4 Å². The van der Waals surface area contributed by atoms with E-state index in [1.54, 1.807) is 0 Å². The standard InChI is InChI=1S/C16H21N3O2/c1-11-13(12(2)21-18-11)7-8-16(20)19-10-4-6-15(19)14-5-3-9-17-14/h3,5,9,15,17H,4,6-8,10H2,1-2H3. The highest BCUT2D eigenvalue weighted by atomic mass is 16.5. The van der Waals surface area contributed by atoms with E-state index in [0.29, 0.717) is 12.8 Å². The van der Waals surface area contributed by atoms with Crippen molar-refractivity contribution in [2.45, 2.75) is 45.6 Å². The molecule has 112 valence electrons. The highest BCUT2D eigenvalue weighted by Gasteiger charge is 2.30. The Morgan fingerprint density at radius 3 is 3.05 bits per heavy atom. The third-order valence-corrected chi connectivity index (χ3v) is 4.32. The number of H-pyrrole nitrogens is 1. The monoisotopic (exact) mass is 287 g/mol. The van der Waals surface area contributed by atoms with Crippen LogP contribution in [0.15, 0.2) is 22.9 Å². The number of carbonyl (C=O) groups is 1. The summed E-state index contributed by atoms with van der Waals surface area (Å²) < 4.78 is 5.15. The third kappa shape index (κ3) is 2.73. The largest absolute Gasteiger partial charge is 0.363 e. The molecule has 1 amide bonds. The molecule has 1 saturated heterocycles. The smallest absolute Gasteiger partial charge is 0.223 e. The first-order chi connectivity index (χ1) is 10.2. The molecular weight excluding hydrogens is 266 g/mol. The van der Waals surface area contributed by atoms with E-state index in [1.807, 2.05) is 31.0 Å². The Labute approximate surface area is 124 Å². The summed E-state index contributed by atoms with van der Waals surface area (Å²) in [4.78, 5) is 17.8. The molecule has 1 unspecified atom stereocenters. The molecule has 0 aliphatic carbocycles. The maximum Gasteiger partial charge on any atom is 0.223 e. The number of aromatic amines is 1. The molecular formula is C16H21N3O2. The Hall–Kier alpha value is -2.04. The van der Waals surface area contributed by atoms with Crippen LogP contribution in [0.5, 0.6) is 0 Å². The molecule has 5 nitrogen and oxygen atoms in total. The van der Waals surface area contributed by atoms with Crippen molar-refractivity contribution >= 4 is 5.91 Å². The second-order valence-corrected chi connectivity index (χ2v) is 5.67. The van der Waals surface area contributed by atoms with Crippen LogP contribution in [-0.2, 0) is 11.2 Å². The minimum absolute atomic E-state index is 0.206. The van der Waals surface area contributed by atoms with Gasteiger partial charge in [0.2, 0.25) is 5.91 Å². The van der Waals surface area contributed by atoms with Gasteiger partial charge in [-0.2, -0.15) is 0 Å². The van der Waals surface area contributed by atoms with Crippen LogP contribution in [0.3, 0.4) is 0 Å².